The van der Waals surface area contributed by atoms with Crippen molar-refractivity contribution in [1.29, 1.82) is 0 Å². The second-order valence-corrected chi connectivity index (χ2v) is 5.41. The molecule has 0 saturated heterocycles. The molecule has 2 N–H and O–H groups in total. The molecule has 0 aliphatic heterocycles. The molecule has 1 amide bonds. The van der Waals surface area contributed by atoms with Gasteiger partial charge in [0.1, 0.15) is 12.6 Å². The third kappa shape index (κ3) is 5.24. The number of carbonyl (C=O) groups is 2. The number of hydrogen-bond acceptors (Lipinski definition) is 3. The summed E-state index contributed by atoms with van der Waals surface area (Å²) in [7, 11) is 0. The topological polar surface area (TPSA) is 75.6 Å². The molecule has 1 aromatic rings. The van der Waals surface area contributed by atoms with Crippen molar-refractivity contribution in [3.05, 3.63) is 47.5 Å². The molecular weight excluding hydrogens is 282 g/mol. The van der Waals surface area contributed by atoms with E-state index in [9.17, 15) is 14.7 Å². The maximum Gasteiger partial charge on any atom is 0.408 e. The van der Waals surface area contributed by atoms with E-state index < -0.39 is 18.1 Å². The Labute approximate surface area is 130 Å². The van der Waals surface area contributed by atoms with Gasteiger partial charge in [-0.05, 0) is 37.7 Å². The molecule has 0 radical (unpaired) electrons. The second-order valence-electron chi connectivity index (χ2n) is 5.41. The van der Waals surface area contributed by atoms with E-state index in [0.29, 0.717) is 6.42 Å². The Balaban J connectivity index is 1.83. The number of nitrogens with one attached hydrogen (secondary N) is 1. The predicted octanol–water partition coefficient (Wildman–Crippen LogP) is 3.26. The van der Waals surface area contributed by atoms with Gasteiger partial charge in [0, 0.05) is 0 Å². The number of ether oxygens (including phenoxy) is 1. The minimum absolute atomic E-state index is 0.127. The van der Waals surface area contributed by atoms with Gasteiger partial charge in [-0.2, -0.15) is 0 Å². The lowest BCUT2D eigenvalue weighted by Gasteiger charge is -2.18. The molecular formula is C17H21NO4. The highest BCUT2D eigenvalue weighted by molar-refractivity contribution is 5.80. The lowest BCUT2D eigenvalue weighted by atomic mass is 9.94. The second kappa shape index (κ2) is 8.22. The average Bonchev–Trinajstić information content (AvgIpc) is 2.54. The maximum atomic E-state index is 11.8. The first kappa shape index (κ1) is 16.1. The largest absolute Gasteiger partial charge is 0.480 e. The average molecular weight is 303 g/mol. The van der Waals surface area contributed by atoms with Crippen LogP contribution >= 0.6 is 0 Å². The number of carboxylic acids is 1. The van der Waals surface area contributed by atoms with Gasteiger partial charge in [0.15, 0.2) is 0 Å². The molecule has 0 unspecified atom stereocenters. The van der Waals surface area contributed by atoms with E-state index in [4.69, 9.17) is 4.74 Å². The summed E-state index contributed by atoms with van der Waals surface area (Å²) in [6.45, 7) is 0.127. The molecule has 0 aromatic heterocycles. The van der Waals surface area contributed by atoms with Crippen LogP contribution in [0.3, 0.4) is 0 Å². The summed E-state index contributed by atoms with van der Waals surface area (Å²) in [5.74, 6) is -1.04. The molecule has 0 bridgehead atoms. The Kier molecular flexibility index (Phi) is 6.01. The quantitative estimate of drug-likeness (QED) is 0.791. The summed E-state index contributed by atoms with van der Waals surface area (Å²) in [6, 6.07) is 8.33. The van der Waals surface area contributed by atoms with Crippen molar-refractivity contribution in [3.8, 4) is 0 Å². The summed E-state index contributed by atoms with van der Waals surface area (Å²) in [5.41, 5.74) is 1.96. The minimum atomic E-state index is -1.04. The third-order valence-electron chi connectivity index (χ3n) is 3.65. The molecule has 1 aliphatic rings. The number of aliphatic carboxylic acids is 1. The normalized spacial score (nSPS) is 15.5. The molecule has 5 heteroatoms. The van der Waals surface area contributed by atoms with Crippen molar-refractivity contribution in [2.24, 2.45) is 0 Å². The number of carboxylic acid groups (broad SMARTS) is 1. The van der Waals surface area contributed by atoms with Gasteiger partial charge in [0.05, 0.1) is 0 Å². The number of alkyl carbamates (subject to hydrolysis) is 1. The van der Waals surface area contributed by atoms with Crippen molar-refractivity contribution >= 4 is 12.1 Å². The Morgan fingerprint density at radius 3 is 2.64 bits per heavy atom. The minimum Gasteiger partial charge on any atom is -0.480 e. The van der Waals surface area contributed by atoms with E-state index in [0.717, 1.165) is 36.8 Å². The Morgan fingerprint density at radius 2 is 2.00 bits per heavy atom. The summed E-state index contributed by atoms with van der Waals surface area (Å²) >= 11 is 0. The fourth-order valence-corrected chi connectivity index (χ4v) is 2.46. The highest BCUT2D eigenvalue weighted by Crippen LogP contribution is 2.21. The zero-order chi connectivity index (χ0) is 15.8. The molecule has 0 fully saturated rings. The summed E-state index contributed by atoms with van der Waals surface area (Å²) < 4.78 is 5.07. The fourth-order valence-electron chi connectivity index (χ4n) is 2.46. The maximum absolute atomic E-state index is 11.8. The highest BCUT2D eigenvalue weighted by atomic mass is 16.5. The van der Waals surface area contributed by atoms with Crippen LogP contribution in [0.4, 0.5) is 4.79 Å². The van der Waals surface area contributed by atoms with Crippen LogP contribution in [0.15, 0.2) is 42.0 Å². The van der Waals surface area contributed by atoms with E-state index in [-0.39, 0.29) is 6.61 Å². The fraction of sp³-hybridized carbons (Fsp3) is 0.412. The van der Waals surface area contributed by atoms with Crippen LogP contribution < -0.4 is 5.32 Å². The van der Waals surface area contributed by atoms with E-state index in [1.807, 2.05) is 30.3 Å². The van der Waals surface area contributed by atoms with E-state index in [1.165, 1.54) is 0 Å². The molecule has 118 valence electrons. The van der Waals surface area contributed by atoms with Crippen molar-refractivity contribution in [1.82, 2.24) is 5.32 Å². The lowest BCUT2D eigenvalue weighted by Crippen LogP contribution is -2.41. The van der Waals surface area contributed by atoms with Crippen LogP contribution in [0, 0.1) is 0 Å². The van der Waals surface area contributed by atoms with Gasteiger partial charge in [0.2, 0.25) is 0 Å². The SMILES string of the molecule is O=C(N[C@@H](CC1=CCCCC1)C(=O)O)OCc1ccccc1. The first-order valence-corrected chi connectivity index (χ1v) is 7.53. The van der Waals surface area contributed by atoms with Crippen LogP contribution in [-0.2, 0) is 16.1 Å². The predicted molar refractivity (Wildman–Crippen MR) is 82.4 cm³/mol. The Morgan fingerprint density at radius 1 is 1.23 bits per heavy atom. The lowest BCUT2D eigenvalue weighted by molar-refractivity contribution is -0.139. The van der Waals surface area contributed by atoms with Gasteiger partial charge in [-0.3, -0.25) is 0 Å². The Bertz CT molecular complexity index is 539. The van der Waals surface area contributed by atoms with E-state index in [2.05, 4.69) is 11.4 Å². The van der Waals surface area contributed by atoms with Crippen molar-refractivity contribution in [2.75, 3.05) is 0 Å². The van der Waals surface area contributed by atoms with Crippen LogP contribution in [-0.4, -0.2) is 23.2 Å². The zero-order valence-corrected chi connectivity index (χ0v) is 12.5. The number of amides is 1. The summed E-state index contributed by atoms with van der Waals surface area (Å²) in [6.07, 6.45) is 5.84. The van der Waals surface area contributed by atoms with Crippen molar-refractivity contribution < 1.29 is 19.4 Å². The summed E-state index contributed by atoms with van der Waals surface area (Å²) in [5, 5.41) is 11.7. The van der Waals surface area contributed by atoms with Crippen LogP contribution in [0.2, 0.25) is 0 Å². The van der Waals surface area contributed by atoms with Gasteiger partial charge in [-0.25, -0.2) is 9.59 Å². The number of allylic oxidation sites excluding steroid dienone is 1. The van der Waals surface area contributed by atoms with Crippen molar-refractivity contribution in [2.45, 2.75) is 44.8 Å². The van der Waals surface area contributed by atoms with E-state index in [1.54, 1.807) is 0 Å². The first-order chi connectivity index (χ1) is 10.6. The van der Waals surface area contributed by atoms with Crippen LogP contribution in [0.5, 0.6) is 0 Å². The number of carbonyl (C=O) groups excluding carboxylic acids is 1. The first-order valence-electron chi connectivity index (χ1n) is 7.53. The molecule has 0 heterocycles. The van der Waals surface area contributed by atoms with Gasteiger partial charge in [-0.1, -0.05) is 42.0 Å². The highest BCUT2D eigenvalue weighted by Gasteiger charge is 2.22. The molecule has 2 rings (SSSR count). The van der Waals surface area contributed by atoms with Gasteiger partial charge in [0.25, 0.3) is 0 Å². The molecule has 0 spiro atoms. The van der Waals surface area contributed by atoms with Crippen molar-refractivity contribution in [3.63, 3.8) is 0 Å². The number of hydrogen-bond donors (Lipinski definition) is 2. The van der Waals surface area contributed by atoms with Gasteiger partial charge in [-0.15, -0.1) is 0 Å². The molecule has 22 heavy (non-hydrogen) atoms. The van der Waals surface area contributed by atoms with Gasteiger partial charge < -0.3 is 15.2 Å². The zero-order valence-electron chi connectivity index (χ0n) is 12.5. The van der Waals surface area contributed by atoms with E-state index >= 15 is 0 Å². The molecule has 1 atom stereocenters. The third-order valence-corrected chi connectivity index (χ3v) is 3.65. The molecule has 1 aliphatic carbocycles. The summed E-state index contributed by atoms with van der Waals surface area (Å²) in [4.78, 5) is 23.0. The number of rotatable bonds is 6. The van der Waals surface area contributed by atoms with Crippen LogP contribution in [0.1, 0.15) is 37.7 Å². The smallest absolute Gasteiger partial charge is 0.408 e. The molecule has 0 saturated carbocycles. The van der Waals surface area contributed by atoms with Gasteiger partial charge >= 0.3 is 12.1 Å². The monoisotopic (exact) mass is 303 g/mol. The van der Waals surface area contributed by atoms with Crippen LogP contribution in [0.25, 0.3) is 0 Å². The molecule has 1 aromatic carbocycles. The number of benzene rings is 1. The molecule has 5 nitrogen and oxygen atoms in total. The standard InChI is InChI=1S/C17H21NO4/c19-16(20)15(11-13-7-3-1-4-8-13)18-17(21)22-12-14-9-5-2-6-10-14/h2,5-7,9-10,15H,1,3-4,8,11-12H2,(H,18,21)(H,19,20)/t15-/m0/s1. The Hall–Kier alpha value is -2.30.